The van der Waals surface area contributed by atoms with Crippen molar-refractivity contribution in [3.8, 4) is 5.88 Å². The van der Waals surface area contributed by atoms with Gasteiger partial charge in [0.25, 0.3) is 0 Å². The summed E-state index contributed by atoms with van der Waals surface area (Å²) in [7, 11) is 1.60. The van der Waals surface area contributed by atoms with Crippen LogP contribution < -0.4 is 4.74 Å². The largest absolute Gasteiger partial charge is 0.481 e. The molecule has 0 aliphatic carbocycles. The zero-order valence-electron chi connectivity index (χ0n) is 6.79. The quantitative estimate of drug-likeness (QED) is 0.642. The van der Waals surface area contributed by atoms with E-state index in [-0.39, 0.29) is 0 Å². The molecule has 0 aliphatic heterocycles. The lowest BCUT2D eigenvalue weighted by Gasteiger charge is -2.02. The Bertz CT molecular complexity index is 268. The normalized spacial score (nSPS) is 9.27. The fourth-order valence-electron chi connectivity index (χ4n) is 0.896. The van der Waals surface area contributed by atoms with Gasteiger partial charge in [-0.05, 0) is 18.6 Å². The van der Waals surface area contributed by atoms with E-state index in [9.17, 15) is 0 Å². The third-order valence-corrected chi connectivity index (χ3v) is 1.43. The third-order valence-electron chi connectivity index (χ3n) is 1.43. The Balaban J connectivity index is 3.16. The van der Waals surface area contributed by atoms with E-state index < -0.39 is 0 Å². The van der Waals surface area contributed by atoms with Crippen LogP contribution >= 0.6 is 0 Å². The molecule has 0 fully saturated rings. The number of rotatable bonds is 2. The van der Waals surface area contributed by atoms with Gasteiger partial charge in [0.2, 0.25) is 5.88 Å². The van der Waals surface area contributed by atoms with Crippen LogP contribution in [0.25, 0.3) is 6.08 Å². The number of aryl methyl sites for hydroxylation is 1. The molecule has 2 nitrogen and oxygen atoms in total. The maximum Gasteiger partial charge on any atom is 0.220 e. The third kappa shape index (κ3) is 1.58. The van der Waals surface area contributed by atoms with Gasteiger partial charge in [0.1, 0.15) is 0 Å². The lowest BCUT2D eigenvalue weighted by molar-refractivity contribution is 0.396. The van der Waals surface area contributed by atoms with Crippen molar-refractivity contribution in [2.75, 3.05) is 7.11 Å². The molecule has 1 heterocycles. The molecule has 0 N–H and O–H groups in total. The predicted octanol–water partition coefficient (Wildman–Crippen LogP) is 2.04. The van der Waals surface area contributed by atoms with Gasteiger partial charge in [0.15, 0.2) is 0 Å². The number of hydrogen-bond donors (Lipinski definition) is 0. The zero-order valence-corrected chi connectivity index (χ0v) is 6.79. The van der Waals surface area contributed by atoms with Crippen molar-refractivity contribution >= 4 is 6.08 Å². The van der Waals surface area contributed by atoms with Gasteiger partial charge in [-0.15, -0.1) is 0 Å². The Morgan fingerprint density at radius 1 is 1.64 bits per heavy atom. The van der Waals surface area contributed by atoms with Gasteiger partial charge in [-0.2, -0.15) is 0 Å². The number of nitrogens with zero attached hydrogens (tertiary/aromatic N) is 1. The number of methoxy groups -OCH3 is 1. The highest BCUT2D eigenvalue weighted by Gasteiger charge is 1.98. The molecule has 0 amide bonds. The van der Waals surface area contributed by atoms with Gasteiger partial charge in [-0.1, -0.05) is 12.7 Å². The summed E-state index contributed by atoms with van der Waals surface area (Å²) < 4.78 is 5.01. The second kappa shape index (κ2) is 3.19. The van der Waals surface area contributed by atoms with Crippen molar-refractivity contribution in [1.82, 2.24) is 4.98 Å². The van der Waals surface area contributed by atoms with Crippen LogP contribution in [0.5, 0.6) is 5.88 Å². The molecule has 2 heteroatoms. The molecule has 1 aromatic rings. The number of aromatic nitrogens is 1. The second-order valence-electron chi connectivity index (χ2n) is 2.32. The summed E-state index contributed by atoms with van der Waals surface area (Å²) in [4.78, 5) is 4.07. The topological polar surface area (TPSA) is 22.1 Å². The molecular weight excluding hydrogens is 138 g/mol. The van der Waals surface area contributed by atoms with Crippen LogP contribution in [-0.4, -0.2) is 12.1 Å². The van der Waals surface area contributed by atoms with Crippen molar-refractivity contribution in [2.45, 2.75) is 6.92 Å². The summed E-state index contributed by atoms with van der Waals surface area (Å²) in [5.74, 6) is 0.630. The molecule has 0 saturated carbocycles. The summed E-state index contributed by atoms with van der Waals surface area (Å²) in [6, 6.07) is 1.98. The van der Waals surface area contributed by atoms with Gasteiger partial charge < -0.3 is 4.74 Å². The number of hydrogen-bond acceptors (Lipinski definition) is 2. The maximum absolute atomic E-state index is 5.01. The zero-order chi connectivity index (χ0) is 8.27. The molecule has 0 bridgehead atoms. The highest BCUT2D eigenvalue weighted by Crippen LogP contribution is 2.16. The van der Waals surface area contributed by atoms with Crippen LogP contribution in [0.1, 0.15) is 11.1 Å². The van der Waals surface area contributed by atoms with E-state index in [1.807, 2.05) is 13.0 Å². The summed E-state index contributed by atoms with van der Waals surface area (Å²) in [6.07, 6.45) is 3.50. The minimum atomic E-state index is 0.630. The fourth-order valence-corrected chi connectivity index (χ4v) is 0.896. The van der Waals surface area contributed by atoms with Crippen molar-refractivity contribution in [3.05, 3.63) is 30.0 Å². The summed E-state index contributed by atoms with van der Waals surface area (Å²) in [5.41, 5.74) is 2.05. The van der Waals surface area contributed by atoms with E-state index in [0.717, 1.165) is 11.1 Å². The van der Waals surface area contributed by atoms with E-state index in [4.69, 9.17) is 4.74 Å². The molecule has 0 unspecified atom stereocenters. The molecular formula is C9H11NO. The van der Waals surface area contributed by atoms with Crippen LogP contribution in [0.3, 0.4) is 0 Å². The molecule has 0 aromatic carbocycles. The molecule has 1 aromatic heterocycles. The minimum Gasteiger partial charge on any atom is -0.481 e. The van der Waals surface area contributed by atoms with Crippen molar-refractivity contribution in [3.63, 3.8) is 0 Å². The predicted molar refractivity (Wildman–Crippen MR) is 45.6 cm³/mol. The highest BCUT2D eigenvalue weighted by molar-refractivity contribution is 5.53. The van der Waals surface area contributed by atoms with Gasteiger partial charge >= 0.3 is 0 Å². The Labute approximate surface area is 66.5 Å². The minimum absolute atomic E-state index is 0.630. The first-order valence-corrected chi connectivity index (χ1v) is 3.41. The average molecular weight is 149 g/mol. The standard InChI is InChI=1S/C9H11NO/c1-4-8-5-7(2)6-10-9(8)11-3/h4-6H,1H2,2-3H3. The molecule has 11 heavy (non-hydrogen) atoms. The maximum atomic E-state index is 5.01. The van der Waals surface area contributed by atoms with Gasteiger partial charge in [0.05, 0.1) is 7.11 Å². The fraction of sp³-hybridized carbons (Fsp3) is 0.222. The molecule has 0 radical (unpaired) electrons. The first-order valence-electron chi connectivity index (χ1n) is 3.41. The first kappa shape index (κ1) is 7.79. The molecule has 0 aliphatic rings. The lowest BCUT2D eigenvalue weighted by atomic mass is 10.2. The average Bonchev–Trinajstić information content (AvgIpc) is 2.04. The van der Waals surface area contributed by atoms with Crippen LogP contribution in [0.4, 0.5) is 0 Å². The van der Waals surface area contributed by atoms with Crippen LogP contribution in [0, 0.1) is 6.92 Å². The Kier molecular flexibility index (Phi) is 2.26. The Hall–Kier alpha value is -1.31. The van der Waals surface area contributed by atoms with Crippen LogP contribution in [0.15, 0.2) is 18.8 Å². The summed E-state index contributed by atoms with van der Waals surface area (Å²) >= 11 is 0. The molecule has 0 spiro atoms. The molecule has 1 rings (SSSR count). The highest BCUT2D eigenvalue weighted by atomic mass is 16.5. The smallest absolute Gasteiger partial charge is 0.220 e. The van der Waals surface area contributed by atoms with Gasteiger partial charge in [-0.3, -0.25) is 0 Å². The van der Waals surface area contributed by atoms with E-state index in [1.54, 1.807) is 19.4 Å². The van der Waals surface area contributed by atoms with E-state index in [1.165, 1.54) is 0 Å². The van der Waals surface area contributed by atoms with E-state index in [0.29, 0.717) is 5.88 Å². The van der Waals surface area contributed by atoms with Crippen molar-refractivity contribution in [2.24, 2.45) is 0 Å². The lowest BCUT2D eigenvalue weighted by Crippen LogP contribution is -1.91. The first-order chi connectivity index (χ1) is 5.27. The monoisotopic (exact) mass is 149 g/mol. The molecule has 58 valence electrons. The Morgan fingerprint density at radius 3 is 2.91 bits per heavy atom. The van der Waals surface area contributed by atoms with E-state index in [2.05, 4.69) is 11.6 Å². The SMILES string of the molecule is C=Cc1cc(C)cnc1OC. The number of ether oxygens (including phenoxy) is 1. The Morgan fingerprint density at radius 2 is 2.36 bits per heavy atom. The molecule has 0 atom stereocenters. The van der Waals surface area contributed by atoms with E-state index >= 15 is 0 Å². The number of pyridine rings is 1. The van der Waals surface area contributed by atoms with Crippen LogP contribution in [-0.2, 0) is 0 Å². The van der Waals surface area contributed by atoms with Gasteiger partial charge in [-0.25, -0.2) is 4.98 Å². The van der Waals surface area contributed by atoms with Gasteiger partial charge in [0, 0.05) is 11.8 Å². The summed E-state index contributed by atoms with van der Waals surface area (Å²) in [5, 5.41) is 0. The van der Waals surface area contributed by atoms with Crippen molar-refractivity contribution < 1.29 is 4.74 Å². The van der Waals surface area contributed by atoms with Crippen LogP contribution in [0.2, 0.25) is 0 Å². The van der Waals surface area contributed by atoms with Crippen molar-refractivity contribution in [1.29, 1.82) is 0 Å². The molecule has 0 saturated heterocycles. The second-order valence-corrected chi connectivity index (χ2v) is 2.32. The summed E-state index contributed by atoms with van der Waals surface area (Å²) in [6.45, 7) is 5.65.